The number of methoxy groups -OCH3 is 1. The van der Waals surface area contributed by atoms with Crippen molar-refractivity contribution in [3.63, 3.8) is 0 Å². The molecule has 4 rings (SSSR count). The molecule has 1 aromatic carbocycles. The van der Waals surface area contributed by atoms with Crippen molar-refractivity contribution in [1.29, 1.82) is 0 Å². The van der Waals surface area contributed by atoms with Gasteiger partial charge in [0.05, 0.1) is 18.5 Å². The van der Waals surface area contributed by atoms with Crippen molar-refractivity contribution in [3.05, 3.63) is 52.9 Å². The Bertz CT molecular complexity index is 1220. The summed E-state index contributed by atoms with van der Waals surface area (Å²) < 4.78 is 7.35. The summed E-state index contributed by atoms with van der Waals surface area (Å²) in [5.74, 6) is 1.93. The van der Waals surface area contributed by atoms with Gasteiger partial charge in [-0.15, -0.1) is 21.5 Å². The maximum absolute atomic E-state index is 12.4. The number of carbonyl (C=O) groups excluding carboxylic acids is 1. The number of rotatable bonds is 6. The average molecular weight is 441 g/mol. The molecule has 0 fully saturated rings. The minimum atomic E-state index is -0.131. The highest BCUT2D eigenvalue weighted by atomic mass is 32.2. The molecule has 0 saturated heterocycles. The van der Waals surface area contributed by atoms with Gasteiger partial charge in [0.2, 0.25) is 5.91 Å². The smallest absolute Gasteiger partial charge is 0.230 e. The molecule has 1 amide bonds. The van der Waals surface area contributed by atoms with Crippen LogP contribution in [0.3, 0.4) is 0 Å². The molecule has 10 heteroatoms. The van der Waals surface area contributed by atoms with E-state index >= 15 is 0 Å². The van der Waals surface area contributed by atoms with E-state index in [1.807, 2.05) is 54.0 Å². The van der Waals surface area contributed by atoms with Crippen LogP contribution in [0, 0.1) is 13.8 Å². The molecule has 0 spiro atoms. The summed E-state index contributed by atoms with van der Waals surface area (Å²) in [6.07, 6.45) is 0. The largest absolute Gasteiger partial charge is 0.495 e. The number of amides is 1. The van der Waals surface area contributed by atoms with Gasteiger partial charge in [0, 0.05) is 29.8 Å². The molecule has 0 aliphatic heterocycles. The second kappa shape index (κ2) is 8.41. The summed E-state index contributed by atoms with van der Waals surface area (Å²) in [7, 11) is 1.59. The number of nitrogens with zero attached hydrogens (tertiary/aromatic N) is 6. The molecule has 3 heterocycles. The normalized spacial score (nSPS) is 11.1. The first-order valence-corrected chi connectivity index (χ1v) is 11.0. The number of thiazole rings is 1. The first-order valence-electron chi connectivity index (χ1n) is 9.18. The number of anilines is 2. The third kappa shape index (κ3) is 3.88. The Hall–Kier alpha value is -2.98. The quantitative estimate of drug-likeness (QED) is 0.416. The third-order valence-electron chi connectivity index (χ3n) is 4.38. The number of aryl methyl sites for hydroxylation is 2. The van der Waals surface area contributed by atoms with Crippen LogP contribution >= 0.6 is 23.1 Å². The van der Waals surface area contributed by atoms with Crippen molar-refractivity contribution >= 4 is 45.5 Å². The lowest BCUT2D eigenvalue weighted by molar-refractivity contribution is -0.115. The van der Waals surface area contributed by atoms with Crippen LogP contribution in [0.1, 0.15) is 24.1 Å². The van der Waals surface area contributed by atoms with Gasteiger partial charge in [0.15, 0.2) is 15.9 Å². The van der Waals surface area contributed by atoms with Crippen molar-refractivity contribution < 1.29 is 9.53 Å². The molecule has 0 N–H and O–H groups in total. The number of carbonyl (C=O) groups is 1. The summed E-state index contributed by atoms with van der Waals surface area (Å²) in [5.41, 5.74) is 3.21. The molecular weight excluding hydrogens is 420 g/mol. The highest BCUT2D eigenvalue weighted by molar-refractivity contribution is 7.98. The van der Waals surface area contributed by atoms with Gasteiger partial charge < -0.3 is 4.74 Å². The highest BCUT2D eigenvalue weighted by Crippen LogP contribution is 2.36. The minimum Gasteiger partial charge on any atom is -0.495 e. The van der Waals surface area contributed by atoms with Crippen molar-refractivity contribution in [2.45, 2.75) is 31.7 Å². The van der Waals surface area contributed by atoms with Gasteiger partial charge in [-0.3, -0.25) is 14.1 Å². The van der Waals surface area contributed by atoms with E-state index in [-0.39, 0.29) is 5.91 Å². The summed E-state index contributed by atoms with van der Waals surface area (Å²) in [4.78, 5) is 23.1. The number of para-hydroxylation sites is 2. The molecule has 0 aliphatic rings. The molecule has 0 bridgehead atoms. The van der Waals surface area contributed by atoms with Gasteiger partial charge in [0.1, 0.15) is 11.6 Å². The van der Waals surface area contributed by atoms with Gasteiger partial charge in [-0.05, 0) is 26.0 Å². The SMILES string of the molecule is COc1ccccc1N(C(C)=O)c1nc(CSc2nnc3cc(C)nc(C)n23)cs1. The average Bonchev–Trinajstić information content (AvgIpc) is 3.33. The fraction of sp³-hybridized carbons (Fsp3) is 0.250. The van der Waals surface area contributed by atoms with Crippen molar-refractivity contribution in [3.8, 4) is 5.75 Å². The van der Waals surface area contributed by atoms with Crippen LogP contribution in [0.5, 0.6) is 5.75 Å². The lowest BCUT2D eigenvalue weighted by Crippen LogP contribution is -2.23. The highest BCUT2D eigenvalue weighted by Gasteiger charge is 2.21. The number of benzene rings is 1. The van der Waals surface area contributed by atoms with Gasteiger partial charge in [-0.2, -0.15) is 0 Å². The Kier molecular flexibility index (Phi) is 5.69. The zero-order valence-electron chi connectivity index (χ0n) is 17.0. The number of thioether (sulfide) groups is 1. The molecule has 0 unspecified atom stereocenters. The zero-order chi connectivity index (χ0) is 21.3. The molecule has 0 aliphatic carbocycles. The maximum atomic E-state index is 12.4. The summed E-state index contributed by atoms with van der Waals surface area (Å²) in [6.45, 7) is 5.39. The molecule has 4 aromatic rings. The number of aromatic nitrogens is 5. The molecule has 30 heavy (non-hydrogen) atoms. The molecule has 8 nitrogen and oxygen atoms in total. The van der Waals surface area contributed by atoms with Crippen molar-refractivity contribution in [2.24, 2.45) is 0 Å². The Morgan fingerprint density at radius 3 is 2.80 bits per heavy atom. The van der Waals surface area contributed by atoms with Crippen LogP contribution in [-0.4, -0.2) is 37.6 Å². The second-order valence-electron chi connectivity index (χ2n) is 6.56. The van der Waals surface area contributed by atoms with Gasteiger partial charge in [-0.25, -0.2) is 9.97 Å². The Labute approximate surface area is 181 Å². The van der Waals surface area contributed by atoms with Gasteiger partial charge in [-0.1, -0.05) is 23.9 Å². The summed E-state index contributed by atoms with van der Waals surface area (Å²) >= 11 is 2.95. The number of ether oxygens (including phenoxy) is 1. The van der Waals surface area contributed by atoms with Gasteiger partial charge in [0.25, 0.3) is 0 Å². The lowest BCUT2D eigenvalue weighted by Gasteiger charge is -2.20. The third-order valence-corrected chi connectivity index (χ3v) is 6.22. The molecule has 0 atom stereocenters. The summed E-state index contributed by atoms with van der Waals surface area (Å²) in [5, 5.41) is 11.8. The van der Waals surface area contributed by atoms with Crippen molar-refractivity contribution in [1.82, 2.24) is 24.6 Å². The topological polar surface area (TPSA) is 85.5 Å². The van der Waals surface area contributed by atoms with Crippen LogP contribution in [0.2, 0.25) is 0 Å². The van der Waals surface area contributed by atoms with E-state index in [4.69, 9.17) is 4.74 Å². The van der Waals surface area contributed by atoms with E-state index in [1.165, 1.54) is 30.0 Å². The fourth-order valence-corrected chi connectivity index (χ4v) is 4.99. The van der Waals surface area contributed by atoms with E-state index in [0.29, 0.717) is 22.3 Å². The first kappa shape index (κ1) is 20.3. The van der Waals surface area contributed by atoms with E-state index < -0.39 is 0 Å². The Balaban J connectivity index is 1.57. The van der Waals surface area contributed by atoms with Crippen molar-refractivity contribution in [2.75, 3.05) is 12.0 Å². The van der Waals surface area contributed by atoms with Crippen LogP contribution in [0.25, 0.3) is 5.65 Å². The summed E-state index contributed by atoms with van der Waals surface area (Å²) in [6, 6.07) is 9.31. The maximum Gasteiger partial charge on any atom is 0.230 e. The van der Waals surface area contributed by atoms with Crippen LogP contribution in [0.4, 0.5) is 10.8 Å². The molecule has 0 saturated carbocycles. The first-order chi connectivity index (χ1) is 14.5. The van der Waals surface area contributed by atoms with E-state index in [2.05, 4.69) is 20.2 Å². The Morgan fingerprint density at radius 1 is 1.23 bits per heavy atom. The van der Waals surface area contributed by atoms with E-state index in [9.17, 15) is 4.79 Å². The second-order valence-corrected chi connectivity index (χ2v) is 8.34. The molecular formula is C20H20N6O2S2. The van der Waals surface area contributed by atoms with E-state index in [1.54, 1.807) is 12.0 Å². The monoisotopic (exact) mass is 440 g/mol. The molecule has 154 valence electrons. The van der Waals surface area contributed by atoms with Crippen LogP contribution in [-0.2, 0) is 10.5 Å². The van der Waals surface area contributed by atoms with Gasteiger partial charge >= 0.3 is 0 Å². The minimum absolute atomic E-state index is 0.131. The zero-order valence-corrected chi connectivity index (χ0v) is 18.6. The predicted molar refractivity (Wildman–Crippen MR) is 118 cm³/mol. The molecule has 3 aromatic heterocycles. The van der Waals surface area contributed by atoms with Crippen LogP contribution < -0.4 is 9.64 Å². The molecule has 0 radical (unpaired) electrons. The van der Waals surface area contributed by atoms with Crippen LogP contribution in [0.15, 0.2) is 40.9 Å². The predicted octanol–water partition coefficient (Wildman–Crippen LogP) is 4.18. The number of fused-ring (bicyclic) bond motifs is 1. The lowest BCUT2D eigenvalue weighted by atomic mass is 10.2. The fourth-order valence-electron chi connectivity index (χ4n) is 3.12. The Morgan fingerprint density at radius 2 is 2.03 bits per heavy atom. The number of hydrogen-bond acceptors (Lipinski definition) is 8. The standard InChI is InChI=1S/C20H20N6O2S2/c1-12-9-18-23-24-20(25(18)13(2)21-12)30-11-15-10-29-19(22-15)26(14(3)27)16-7-5-6-8-17(16)28-4/h5-10H,11H2,1-4H3. The number of hydrogen-bond donors (Lipinski definition) is 0. The van der Waals surface area contributed by atoms with E-state index in [0.717, 1.165) is 28.0 Å².